The van der Waals surface area contributed by atoms with Crippen LogP contribution in [0, 0.1) is 0 Å². The maximum Gasteiger partial charge on any atom is 0.389 e. The Bertz CT molecular complexity index is 194. The van der Waals surface area contributed by atoms with Crippen LogP contribution in [0.1, 0.15) is 32.6 Å². The van der Waals surface area contributed by atoms with E-state index >= 15 is 0 Å². The second kappa shape index (κ2) is 6.66. The Labute approximate surface area is 86.7 Å². The zero-order chi connectivity index (χ0) is 11.9. The number of hydrogen-bond acceptors (Lipinski definition) is 2. The average Bonchev–Trinajstić information content (AvgIpc) is 2.13. The highest BCUT2D eigenvalue weighted by molar-refractivity contribution is 5.75. The highest BCUT2D eigenvalue weighted by Gasteiger charge is 2.27. The van der Waals surface area contributed by atoms with Crippen LogP contribution >= 0.6 is 0 Å². The molecule has 15 heavy (non-hydrogen) atoms. The molecule has 0 aliphatic carbocycles. The van der Waals surface area contributed by atoms with Gasteiger partial charge in [0.1, 0.15) is 0 Å². The lowest BCUT2D eigenvalue weighted by atomic mass is 10.2. The van der Waals surface area contributed by atoms with Crippen molar-refractivity contribution in [3.05, 3.63) is 0 Å². The first-order chi connectivity index (χ1) is 6.85. The van der Waals surface area contributed by atoms with Crippen molar-refractivity contribution < 1.29 is 23.1 Å². The van der Waals surface area contributed by atoms with E-state index in [0.717, 1.165) is 0 Å². The molecule has 3 nitrogen and oxygen atoms in total. The van der Waals surface area contributed by atoms with E-state index < -0.39 is 31.0 Å². The van der Waals surface area contributed by atoms with Crippen molar-refractivity contribution in [1.82, 2.24) is 5.32 Å². The smallest absolute Gasteiger partial charge is 0.389 e. The topological polar surface area (TPSA) is 49.3 Å². The number of rotatable bonds is 6. The lowest BCUT2D eigenvalue weighted by Gasteiger charge is -2.09. The van der Waals surface area contributed by atoms with E-state index in [0.29, 0.717) is 12.8 Å². The first-order valence-corrected chi connectivity index (χ1v) is 4.86. The summed E-state index contributed by atoms with van der Waals surface area (Å²) in [6.07, 6.45) is -5.51. The van der Waals surface area contributed by atoms with Crippen LogP contribution in [0.5, 0.6) is 0 Å². The normalized spacial score (nSPS) is 13.7. The maximum absolute atomic E-state index is 11.7. The Hall–Kier alpha value is -0.780. The Balaban J connectivity index is 3.50. The number of nitrogens with one attached hydrogen (secondary N) is 1. The van der Waals surface area contributed by atoms with Crippen molar-refractivity contribution in [2.75, 3.05) is 6.54 Å². The van der Waals surface area contributed by atoms with Crippen molar-refractivity contribution in [3.63, 3.8) is 0 Å². The van der Waals surface area contributed by atoms with E-state index in [4.69, 9.17) is 5.11 Å². The van der Waals surface area contributed by atoms with Gasteiger partial charge in [-0.1, -0.05) is 6.92 Å². The fraction of sp³-hybridized carbons (Fsp3) is 0.889. The van der Waals surface area contributed by atoms with Crippen LogP contribution in [0.15, 0.2) is 0 Å². The molecule has 0 fully saturated rings. The summed E-state index contributed by atoms with van der Waals surface area (Å²) in [6.45, 7) is 2.00. The number of alkyl halides is 3. The van der Waals surface area contributed by atoms with Gasteiger partial charge in [-0.15, -0.1) is 0 Å². The van der Waals surface area contributed by atoms with Gasteiger partial charge in [0.05, 0.1) is 12.5 Å². The molecule has 0 saturated carbocycles. The number of amides is 1. The van der Waals surface area contributed by atoms with Gasteiger partial charge in [0.25, 0.3) is 0 Å². The van der Waals surface area contributed by atoms with Gasteiger partial charge < -0.3 is 10.4 Å². The van der Waals surface area contributed by atoms with E-state index in [-0.39, 0.29) is 6.54 Å². The molecule has 0 aromatic carbocycles. The summed E-state index contributed by atoms with van der Waals surface area (Å²) in [5.74, 6) is -0.629. The minimum Gasteiger partial charge on any atom is -0.393 e. The fourth-order valence-corrected chi connectivity index (χ4v) is 0.926. The summed E-state index contributed by atoms with van der Waals surface area (Å²) in [5, 5.41) is 11.4. The number of aliphatic hydroxyl groups is 1. The number of aliphatic hydroxyl groups excluding tert-OH is 1. The number of carbonyl (C=O) groups excluding carboxylic acids is 1. The maximum atomic E-state index is 11.7. The van der Waals surface area contributed by atoms with Crippen LogP contribution in [0.2, 0.25) is 0 Å². The summed E-state index contributed by atoms with van der Waals surface area (Å²) < 4.78 is 35.1. The zero-order valence-corrected chi connectivity index (χ0v) is 8.60. The highest BCUT2D eigenvalue weighted by Crippen LogP contribution is 2.20. The second-order valence-electron chi connectivity index (χ2n) is 3.32. The molecule has 0 saturated heterocycles. The molecule has 1 atom stereocenters. The highest BCUT2D eigenvalue weighted by atomic mass is 19.4. The number of halogens is 3. The molecular formula is C9H16F3NO2. The predicted octanol–water partition coefficient (Wildman–Crippen LogP) is 1.61. The lowest BCUT2D eigenvalue weighted by molar-refractivity contribution is -0.144. The van der Waals surface area contributed by atoms with Gasteiger partial charge in [-0.3, -0.25) is 4.79 Å². The van der Waals surface area contributed by atoms with Gasteiger partial charge in [-0.05, 0) is 12.8 Å². The molecule has 90 valence electrons. The molecule has 0 rings (SSSR count). The lowest BCUT2D eigenvalue weighted by Crippen LogP contribution is -2.28. The predicted molar refractivity (Wildman–Crippen MR) is 49.2 cm³/mol. The number of carbonyl (C=O) groups is 1. The monoisotopic (exact) mass is 227 g/mol. The Morgan fingerprint density at radius 2 is 2.07 bits per heavy atom. The molecule has 0 aromatic rings. The molecule has 0 aromatic heterocycles. The van der Waals surface area contributed by atoms with Gasteiger partial charge >= 0.3 is 6.18 Å². The molecular weight excluding hydrogens is 211 g/mol. The van der Waals surface area contributed by atoms with E-state index in [1.807, 2.05) is 0 Å². The fourth-order valence-electron chi connectivity index (χ4n) is 0.926. The largest absolute Gasteiger partial charge is 0.393 e. The molecule has 1 unspecified atom stereocenters. The van der Waals surface area contributed by atoms with Gasteiger partial charge in [0.2, 0.25) is 5.91 Å². The van der Waals surface area contributed by atoms with E-state index in [1.54, 1.807) is 6.92 Å². The molecule has 0 spiro atoms. The molecule has 1 amide bonds. The van der Waals surface area contributed by atoms with Crippen molar-refractivity contribution >= 4 is 5.91 Å². The SMILES string of the molecule is CCC(O)CCNC(=O)CCC(F)(F)F. The molecule has 0 heterocycles. The molecule has 0 radical (unpaired) electrons. The summed E-state index contributed by atoms with van der Waals surface area (Å²) in [7, 11) is 0. The molecule has 0 aliphatic rings. The standard InChI is InChI=1S/C9H16F3NO2/c1-2-7(14)4-6-13-8(15)3-5-9(10,11)12/h7,14H,2-6H2,1H3,(H,13,15). The van der Waals surface area contributed by atoms with E-state index in [9.17, 15) is 18.0 Å². The quantitative estimate of drug-likeness (QED) is 0.724. The van der Waals surface area contributed by atoms with Gasteiger partial charge in [0, 0.05) is 13.0 Å². The van der Waals surface area contributed by atoms with E-state index in [1.165, 1.54) is 0 Å². The van der Waals surface area contributed by atoms with Gasteiger partial charge in [-0.25, -0.2) is 0 Å². The molecule has 0 bridgehead atoms. The minimum absolute atomic E-state index is 0.214. The van der Waals surface area contributed by atoms with Crippen LogP contribution in [0.3, 0.4) is 0 Å². The third kappa shape index (κ3) is 9.52. The van der Waals surface area contributed by atoms with Crippen molar-refractivity contribution in [3.8, 4) is 0 Å². The Kier molecular flexibility index (Phi) is 6.31. The first-order valence-electron chi connectivity index (χ1n) is 4.86. The summed E-state index contributed by atoms with van der Waals surface area (Å²) in [6, 6.07) is 0. The first kappa shape index (κ1) is 14.2. The van der Waals surface area contributed by atoms with Crippen molar-refractivity contribution in [1.29, 1.82) is 0 Å². The molecule has 0 aliphatic heterocycles. The van der Waals surface area contributed by atoms with E-state index in [2.05, 4.69) is 5.32 Å². The van der Waals surface area contributed by atoms with Crippen LogP contribution in [0.25, 0.3) is 0 Å². The third-order valence-electron chi connectivity index (χ3n) is 1.91. The summed E-state index contributed by atoms with van der Waals surface area (Å²) in [5.41, 5.74) is 0. The zero-order valence-electron chi connectivity index (χ0n) is 8.60. The second-order valence-corrected chi connectivity index (χ2v) is 3.32. The molecule has 2 N–H and O–H groups in total. The van der Waals surface area contributed by atoms with Crippen LogP contribution in [-0.2, 0) is 4.79 Å². The van der Waals surface area contributed by atoms with Crippen LogP contribution in [0.4, 0.5) is 13.2 Å². The van der Waals surface area contributed by atoms with Crippen molar-refractivity contribution in [2.45, 2.75) is 44.9 Å². The Morgan fingerprint density at radius 3 is 2.53 bits per heavy atom. The van der Waals surface area contributed by atoms with Crippen LogP contribution < -0.4 is 5.32 Å². The summed E-state index contributed by atoms with van der Waals surface area (Å²) >= 11 is 0. The average molecular weight is 227 g/mol. The number of hydrogen-bond donors (Lipinski definition) is 2. The van der Waals surface area contributed by atoms with Crippen LogP contribution in [-0.4, -0.2) is 29.8 Å². The Morgan fingerprint density at radius 1 is 1.47 bits per heavy atom. The molecule has 6 heteroatoms. The van der Waals surface area contributed by atoms with Gasteiger partial charge in [0.15, 0.2) is 0 Å². The van der Waals surface area contributed by atoms with Gasteiger partial charge in [-0.2, -0.15) is 13.2 Å². The van der Waals surface area contributed by atoms with Crippen molar-refractivity contribution in [2.24, 2.45) is 0 Å². The third-order valence-corrected chi connectivity index (χ3v) is 1.91. The minimum atomic E-state index is -4.29. The summed E-state index contributed by atoms with van der Waals surface area (Å²) in [4.78, 5) is 10.9.